The summed E-state index contributed by atoms with van der Waals surface area (Å²) in [6.45, 7) is 3.69. The van der Waals surface area contributed by atoms with Crippen molar-refractivity contribution in [2.75, 3.05) is 6.54 Å². The molecular weight excluding hydrogens is 184 g/mol. The molecule has 1 rings (SSSR count). The monoisotopic (exact) mass is 195 g/mol. The van der Waals surface area contributed by atoms with Gasteiger partial charge >= 0.3 is 0 Å². The normalized spacial score (nSPS) is 27.4. The van der Waals surface area contributed by atoms with Crippen molar-refractivity contribution in [2.45, 2.75) is 31.2 Å². The second-order valence-corrected chi connectivity index (χ2v) is 3.64. The van der Waals surface area contributed by atoms with Crippen molar-refractivity contribution in [3.63, 3.8) is 0 Å². The van der Waals surface area contributed by atoms with Gasteiger partial charge in [-0.15, -0.1) is 0 Å². The van der Waals surface area contributed by atoms with E-state index in [1.54, 1.807) is 0 Å². The first-order valence-electron chi connectivity index (χ1n) is 3.97. The molecule has 1 atom stereocenters. The van der Waals surface area contributed by atoms with Gasteiger partial charge in [-0.2, -0.15) is 0 Å². The van der Waals surface area contributed by atoms with E-state index in [-0.39, 0.29) is 13.0 Å². The van der Waals surface area contributed by atoms with Crippen LogP contribution in [-0.4, -0.2) is 18.5 Å². The zero-order valence-electron chi connectivity index (χ0n) is 6.75. The molecule has 0 spiro atoms. The van der Waals surface area contributed by atoms with E-state index in [0.717, 1.165) is 0 Å². The van der Waals surface area contributed by atoms with Gasteiger partial charge in [0.2, 0.25) is 0 Å². The summed E-state index contributed by atoms with van der Waals surface area (Å²) in [4.78, 5) is 0. The molecule has 0 heterocycles. The standard InChI is InChI=1S/C8H12ClF2N/c1-6(9)5-12-7-3-2-4-8(7,10)11/h7,12H,1-5H2. The molecule has 1 unspecified atom stereocenters. The van der Waals surface area contributed by atoms with Gasteiger partial charge in [0, 0.05) is 18.0 Å². The fourth-order valence-electron chi connectivity index (χ4n) is 1.41. The molecule has 0 radical (unpaired) electrons. The third-order valence-electron chi connectivity index (χ3n) is 2.05. The summed E-state index contributed by atoms with van der Waals surface area (Å²) in [7, 11) is 0. The number of hydrogen-bond acceptors (Lipinski definition) is 1. The molecule has 0 aromatic rings. The topological polar surface area (TPSA) is 12.0 Å². The van der Waals surface area contributed by atoms with E-state index in [9.17, 15) is 8.78 Å². The predicted octanol–water partition coefficient (Wildman–Crippen LogP) is 2.52. The van der Waals surface area contributed by atoms with Crippen LogP contribution in [0.5, 0.6) is 0 Å². The highest BCUT2D eigenvalue weighted by atomic mass is 35.5. The maximum Gasteiger partial charge on any atom is 0.263 e. The van der Waals surface area contributed by atoms with Gasteiger partial charge in [-0.1, -0.05) is 18.2 Å². The van der Waals surface area contributed by atoms with Gasteiger partial charge < -0.3 is 5.32 Å². The number of hydrogen-bond donors (Lipinski definition) is 1. The van der Waals surface area contributed by atoms with Gasteiger partial charge in [0.1, 0.15) is 0 Å². The molecule has 0 bridgehead atoms. The zero-order valence-corrected chi connectivity index (χ0v) is 7.50. The van der Waals surface area contributed by atoms with E-state index in [0.29, 0.717) is 17.9 Å². The quantitative estimate of drug-likeness (QED) is 0.730. The molecule has 1 aliphatic carbocycles. The first-order chi connectivity index (χ1) is 5.52. The highest BCUT2D eigenvalue weighted by Crippen LogP contribution is 2.34. The summed E-state index contributed by atoms with van der Waals surface area (Å²) in [6, 6.07) is -0.715. The lowest BCUT2D eigenvalue weighted by atomic mass is 10.2. The van der Waals surface area contributed by atoms with Gasteiger partial charge in [-0.05, 0) is 12.8 Å². The van der Waals surface area contributed by atoms with Crippen LogP contribution in [0.25, 0.3) is 0 Å². The van der Waals surface area contributed by atoms with Crippen LogP contribution in [0.4, 0.5) is 8.78 Å². The second kappa shape index (κ2) is 3.71. The molecule has 4 heteroatoms. The predicted molar refractivity (Wildman–Crippen MR) is 45.6 cm³/mol. The average Bonchev–Trinajstić information content (AvgIpc) is 2.25. The lowest BCUT2D eigenvalue weighted by Crippen LogP contribution is -2.40. The third kappa shape index (κ3) is 2.42. The van der Waals surface area contributed by atoms with Crippen LogP contribution in [0, 0.1) is 0 Å². The Bertz CT molecular complexity index is 182. The molecule has 1 N–H and O–H groups in total. The first-order valence-corrected chi connectivity index (χ1v) is 4.34. The third-order valence-corrected chi connectivity index (χ3v) is 2.19. The Morgan fingerprint density at radius 3 is 2.75 bits per heavy atom. The van der Waals surface area contributed by atoms with Crippen LogP contribution in [0.1, 0.15) is 19.3 Å². The molecule has 70 valence electrons. The van der Waals surface area contributed by atoms with Crippen molar-refractivity contribution in [3.05, 3.63) is 11.6 Å². The minimum absolute atomic E-state index is 0.0145. The van der Waals surface area contributed by atoms with Crippen molar-refractivity contribution >= 4 is 11.6 Å². The minimum atomic E-state index is -2.56. The lowest BCUT2D eigenvalue weighted by Gasteiger charge is -2.19. The van der Waals surface area contributed by atoms with E-state index >= 15 is 0 Å². The van der Waals surface area contributed by atoms with Crippen molar-refractivity contribution in [1.82, 2.24) is 5.32 Å². The summed E-state index contributed by atoms with van der Waals surface area (Å²) in [5, 5.41) is 3.06. The van der Waals surface area contributed by atoms with Gasteiger partial charge in [0.15, 0.2) is 0 Å². The molecule has 1 saturated carbocycles. The minimum Gasteiger partial charge on any atom is -0.304 e. The fourth-order valence-corrected chi connectivity index (χ4v) is 1.49. The van der Waals surface area contributed by atoms with E-state index in [4.69, 9.17) is 11.6 Å². The second-order valence-electron chi connectivity index (χ2n) is 3.10. The highest BCUT2D eigenvalue weighted by Gasteiger charge is 2.43. The maximum atomic E-state index is 12.9. The Hall–Kier alpha value is -0.150. The largest absolute Gasteiger partial charge is 0.304 e. The summed E-state index contributed by atoms with van der Waals surface area (Å²) >= 11 is 5.45. The summed E-state index contributed by atoms with van der Waals surface area (Å²) < 4.78 is 25.8. The first kappa shape index (κ1) is 9.93. The molecule has 0 aromatic heterocycles. The van der Waals surface area contributed by atoms with Gasteiger partial charge in [0.25, 0.3) is 5.92 Å². The molecule has 1 fully saturated rings. The van der Waals surface area contributed by atoms with E-state index in [1.807, 2.05) is 0 Å². The Kier molecular flexibility index (Phi) is 3.07. The molecule has 0 aliphatic heterocycles. The number of halogens is 3. The molecule has 1 aliphatic rings. The van der Waals surface area contributed by atoms with Crippen molar-refractivity contribution < 1.29 is 8.78 Å². The van der Waals surface area contributed by atoms with Crippen LogP contribution < -0.4 is 5.32 Å². The molecule has 0 amide bonds. The Morgan fingerprint density at radius 1 is 1.67 bits per heavy atom. The van der Waals surface area contributed by atoms with Crippen LogP contribution in [0.2, 0.25) is 0 Å². The summed E-state index contributed by atoms with van der Waals surface area (Å²) in [5.74, 6) is -2.56. The molecular formula is C8H12ClF2N. The van der Waals surface area contributed by atoms with Crippen LogP contribution >= 0.6 is 11.6 Å². The Labute approximate surface area is 75.8 Å². The van der Waals surface area contributed by atoms with Crippen LogP contribution in [0.15, 0.2) is 11.6 Å². The number of rotatable bonds is 3. The van der Waals surface area contributed by atoms with Crippen LogP contribution in [0.3, 0.4) is 0 Å². The van der Waals surface area contributed by atoms with Gasteiger partial charge in [-0.25, -0.2) is 8.78 Å². The summed E-state index contributed by atoms with van der Waals surface area (Å²) in [6.07, 6.45) is 1.09. The Balaban J connectivity index is 2.36. The van der Waals surface area contributed by atoms with E-state index in [1.165, 1.54) is 0 Å². The van der Waals surface area contributed by atoms with Crippen molar-refractivity contribution in [2.24, 2.45) is 0 Å². The van der Waals surface area contributed by atoms with Gasteiger partial charge in [0.05, 0.1) is 6.04 Å². The smallest absolute Gasteiger partial charge is 0.263 e. The number of nitrogens with one attached hydrogen (secondary N) is 1. The SMILES string of the molecule is C=C(Cl)CNC1CCCC1(F)F. The summed E-state index contributed by atoms with van der Waals surface area (Å²) in [5.41, 5.74) is 0. The van der Waals surface area contributed by atoms with Crippen molar-refractivity contribution in [1.29, 1.82) is 0 Å². The molecule has 0 saturated heterocycles. The van der Waals surface area contributed by atoms with Crippen molar-refractivity contribution in [3.8, 4) is 0 Å². The Morgan fingerprint density at radius 2 is 2.33 bits per heavy atom. The zero-order chi connectivity index (χ0) is 9.19. The number of alkyl halides is 2. The highest BCUT2D eigenvalue weighted by molar-refractivity contribution is 6.29. The molecule has 1 nitrogen and oxygen atoms in total. The van der Waals surface area contributed by atoms with Crippen LogP contribution in [-0.2, 0) is 0 Å². The molecule has 12 heavy (non-hydrogen) atoms. The lowest BCUT2D eigenvalue weighted by molar-refractivity contribution is -0.0168. The van der Waals surface area contributed by atoms with E-state index in [2.05, 4.69) is 11.9 Å². The van der Waals surface area contributed by atoms with Gasteiger partial charge in [-0.3, -0.25) is 0 Å². The average molecular weight is 196 g/mol. The maximum absolute atomic E-state index is 12.9. The molecule has 0 aromatic carbocycles. The fraction of sp³-hybridized carbons (Fsp3) is 0.750. The van der Waals surface area contributed by atoms with E-state index < -0.39 is 12.0 Å².